The van der Waals surface area contributed by atoms with E-state index in [2.05, 4.69) is 42.1 Å². The Hall–Kier alpha value is -3.97. The van der Waals surface area contributed by atoms with E-state index < -0.39 is 0 Å². The zero-order valence-corrected chi connectivity index (χ0v) is 20.9. The maximum atomic E-state index is 5.71. The van der Waals surface area contributed by atoms with Gasteiger partial charge in [0.2, 0.25) is 5.95 Å². The van der Waals surface area contributed by atoms with Crippen LogP contribution in [0.15, 0.2) is 24.4 Å². The van der Waals surface area contributed by atoms with E-state index in [4.69, 9.17) is 24.2 Å². The van der Waals surface area contributed by atoms with Crippen molar-refractivity contribution in [1.82, 2.24) is 35.2 Å². The average molecular weight is 507 g/mol. The molecule has 2 aliphatic heterocycles. The summed E-state index contributed by atoms with van der Waals surface area (Å²) in [6.45, 7) is 4.57. The summed E-state index contributed by atoms with van der Waals surface area (Å²) in [4.78, 5) is 11.9. The lowest BCUT2D eigenvalue weighted by Gasteiger charge is -2.29. The molecule has 37 heavy (non-hydrogen) atoms. The van der Waals surface area contributed by atoms with Gasteiger partial charge in [-0.15, -0.1) is 5.10 Å². The van der Waals surface area contributed by atoms with Crippen LogP contribution in [0, 0.1) is 0 Å². The Morgan fingerprint density at radius 3 is 2.65 bits per heavy atom. The zero-order valence-electron chi connectivity index (χ0n) is 20.9. The third kappa shape index (κ3) is 4.87. The van der Waals surface area contributed by atoms with E-state index in [1.165, 1.54) is 0 Å². The first kappa shape index (κ1) is 23.4. The van der Waals surface area contributed by atoms with Gasteiger partial charge in [-0.2, -0.15) is 15.1 Å². The molecule has 2 saturated heterocycles. The molecule has 2 aliphatic rings. The minimum atomic E-state index is 0.228. The highest BCUT2D eigenvalue weighted by Gasteiger charge is 2.22. The molecule has 4 aromatic rings. The Bertz CT molecular complexity index is 1370. The molecule has 5 heterocycles. The lowest BCUT2D eigenvalue weighted by molar-refractivity contribution is 0.0904. The number of morpholine rings is 1. The van der Waals surface area contributed by atoms with E-state index >= 15 is 0 Å². The number of H-pyrrole nitrogens is 1. The van der Waals surface area contributed by atoms with E-state index in [1.54, 1.807) is 11.8 Å². The number of anilines is 4. The largest absolute Gasteiger partial charge is 0.494 e. The Balaban J connectivity index is 1.35. The van der Waals surface area contributed by atoms with Crippen molar-refractivity contribution < 1.29 is 14.2 Å². The van der Waals surface area contributed by atoms with Gasteiger partial charge in [-0.05, 0) is 25.0 Å². The van der Waals surface area contributed by atoms with Crippen molar-refractivity contribution in [2.45, 2.75) is 18.9 Å². The summed E-state index contributed by atoms with van der Waals surface area (Å²) < 4.78 is 18.4. The smallest absolute Gasteiger partial charge is 0.231 e. The first-order chi connectivity index (χ1) is 18.2. The number of aromatic amines is 1. The zero-order chi connectivity index (χ0) is 25.2. The van der Waals surface area contributed by atoms with Gasteiger partial charge in [0.1, 0.15) is 23.0 Å². The second kappa shape index (κ2) is 10.2. The quantitative estimate of drug-likeness (QED) is 0.340. The number of rotatable bonds is 7. The van der Waals surface area contributed by atoms with Crippen molar-refractivity contribution in [1.29, 1.82) is 0 Å². The molecule has 0 atom stereocenters. The topological polar surface area (TPSA) is 140 Å². The predicted molar refractivity (Wildman–Crippen MR) is 138 cm³/mol. The number of methoxy groups -OCH3 is 1. The number of nitrogens with one attached hydrogen (secondary N) is 3. The van der Waals surface area contributed by atoms with Crippen LogP contribution in [-0.4, -0.2) is 87.8 Å². The van der Waals surface area contributed by atoms with Crippen molar-refractivity contribution in [2.24, 2.45) is 7.05 Å². The number of hydrogen-bond donors (Lipinski definition) is 3. The maximum absolute atomic E-state index is 5.71. The van der Waals surface area contributed by atoms with E-state index in [0.29, 0.717) is 42.1 Å². The van der Waals surface area contributed by atoms with E-state index in [1.807, 2.05) is 25.4 Å². The van der Waals surface area contributed by atoms with E-state index in [9.17, 15) is 0 Å². The fourth-order valence-corrected chi connectivity index (χ4v) is 4.69. The first-order valence-electron chi connectivity index (χ1n) is 12.4. The Morgan fingerprint density at radius 2 is 1.89 bits per heavy atom. The molecular weight excluding hydrogens is 476 g/mol. The van der Waals surface area contributed by atoms with Gasteiger partial charge in [0.15, 0.2) is 5.65 Å². The van der Waals surface area contributed by atoms with Crippen LogP contribution in [0.2, 0.25) is 0 Å². The fourth-order valence-electron chi connectivity index (χ4n) is 4.69. The predicted octanol–water partition coefficient (Wildman–Crippen LogP) is 2.33. The molecular formula is C24H30N10O3. The fraction of sp³-hybridized carbons (Fsp3) is 0.458. The second-order valence-corrected chi connectivity index (χ2v) is 9.11. The minimum Gasteiger partial charge on any atom is -0.494 e. The van der Waals surface area contributed by atoms with Crippen LogP contribution in [0.4, 0.5) is 23.1 Å². The molecule has 0 spiro atoms. The van der Waals surface area contributed by atoms with Gasteiger partial charge in [0, 0.05) is 51.1 Å². The highest BCUT2D eigenvalue weighted by Crippen LogP contribution is 2.35. The van der Waals surface area contributed by atoms with Crippen LogP contribution >= 0.6 is 0 Å². The van der Waals surface area contributed by atoms with Crippen molar-refractivity contribution in [3.8, 4) is 17.1 Å². The lowest BCUT2D eigenvalue weighted by atomic mass is 10.1. The summed E-state index contributed by atoms with van der Waals surface area (Å²) in [5.74, 6) is 1.79. The summed E-state index contributed by atoms with van der Waals surface area (Å²) in [6, 6.07) is 6.30. The van der Waals surface area contributed by atoms with Crippen molar-refractivity contribution in [3.05, 3.63) is 24.4 Å². The standard InChI is InChI=1S/C24H30N10O3/c1-33-14-18(29-32-33)21-20-22(25-15-5-9-36-10-6-15)27-24(28-23(20)31-30-21)26-17-4-3-16(13-19(17)35-2)34-7-11-37-12-8-34/h3-4,13-15H,5-12H2,1-2H3,(H3,25,26,27,28,30,31). The van der Waals surface area contributed by atoms with Gasteiger partial charge in [0.05, 0.1) is 37.6 Å². The average Bonchev–Trinajstić information content (AvgIpc) is 3.56. The highest BCUT2D eigenvalue weighted by atomic mass is 16.5. The molecule has 0 amide bonds. The molecule has 13 heteroatoms. The molecule has 2 fully saturated rings. The monoisotopic (exact) mass is 506 g/mol. The molecule has 1 aromatic carbocycles. The van der Waals surface area contributed by atoms with E-state index in [-0.39, 0.29) is 6.04 Å². The number of aryl methyl sites for hydroxylation is 1. The minimum absolute atomic E-state index is 0.228. The number of fused-ring (bicyclic) bond motifs is 1. The molecule has 0 aliphatic carbocycles. The molecule has 0 bridgehead atoms. The molecule has 3 N–H and O–H groups in total. The number of benzene rings is 1. The molecule has 0 radical (unpaired) electrons. The van der Waals surface area contributed by atoms with Gasteiger partial charge < -0.3 is 29.7 Å². The molecule has 0 saturated carbocycles. The van der Waals surface area contributed by atoms with Gasteiger partial charge in [-0.3, -0.25) is 9.78 Å². The highest BCUT2D eigenvalue weighted by molar-refractivity contribution is 5.98. The first-order valence-corrected chi connectivity index (χ1v) is 12.4. The van der Waals surface area contributed by atoms with Gasteiger partial charge in [0.25, 0.3) is 0 Å². The van der Waals surface area contributed by atoms with Crippen LogP contribution in [0.3, 0.4) is 0 Å². The Morgan fingerprint density at radius 1 is 1.08 bits per heavy atom. The Labute approximate surface area is 213 Å². The molecule has 13 nitrogen and oxygen atoms in total. The molecule has 6 rings (SSSR count). The van der Waals surface area contributed by atoms with E-state index in [0.717, 1.165) is 61.6 Å². The molecule has 3 aromatic heterocycles. The normalized spacial score (nSPS) is 16.8. The second-order valence-electron chi connectivity index (χ2n) is 9.11. The summed E-state index contributed by atoms with van der Waals surface area (Å²) in [6.07, 6.45) is 3.62. The summed E-state index contributed by atoms with van der Waals surface area (Å²) in [7, 11) is 3.49. The van der Waals surface area contributed by atoms with Crippen LogP contribution in [0.25, 0.3) is 22.4 Å². The van der Waals surface area contributed by atoms with Gasteiger partial charge >= 0.3 is 0 Å². The van der Waals surface area contributed by atoms with Crippen LogP contribution in [0.1, 0.15) is 12.8 Å². The van der Waals surface area contributed by atoms with Crippen molar-refractivity contribution >= 4 is 34.2 Å². The Kier molecular flexibility index (Phi) is 6.45. The van der Waals surface area contributed by atoms with Gasteiger partial charge in [-0.1, -0.05) is 5.21 Å². The number of aromatic nitrogens is 7. The summed E-state index contributed by atoms with van der Waals surface area (Å²) in [5.41, 5.74) is 3.77. The van der Waals surface area contributed by atoms with Crippen molar-refractivity contribution in [2.75, 3.05) is 62.2 Å². The number of nitrogens with zero attached hydrogens (tertiary/aromatic N) is 7. The van der Waals surface area contributed by atoms with Crippen LogP contribution in [0.5, 0.6) is 5.75 Å². The number of ether oxygens (including phenoxy) is 3. The molecule has 0 unspecified atom stereocenters. The maximum Gasteiger partial charge on any atom is 0.231 e. The van der Waals surface area contributed by atoms with Crippen molar-refractivity contribution in [3.63, 3.8) is 0 Å². The summed E-state index contributed by atoms with van der Waals surface area (Å²) >= 11 is 0. The third-order valence-electron chi connectivity index (χ3n) is 6.64. The lowest BCUT2D eigenvalue weighted by Crippen LogP contribution is -2.36. The summed E-state index contributed by atoms with van der Waals surface area (Å²) in [5, 5.41) is 23.6. The number of hydrogen-bond acceptors (Lipinski definition) is 11. The SMILES string of the molecule is COc1cc(N2CCOCC2)ccc1Nc1nc(NC2CCOCC2)c2c(-c3cn(C)nn3)[nH]nc2n1. The van der Waals surface area contributed by atoms with Crippen LogP contribution in [-0.2, 0) is 16.5 Å². The molecule has 194 valence electrons. The van der Waals surface area contributed by atoms with Gasteiger partial charge in [-0.25, -0.2) is 0 Å². The third-order valence-corrected chi connectivity index (χ3v) is 6.64. The van der Waals surface area contributed by atoms with Crippen LogP contribution < -0.4 is 20.3 Å².